The van der Waals surface area contributed by atoms with Crippen LogP contribution in [0.4, 0.5) is 0 Å². The van der Waals surface area contributed by atoms with Gasteiger partial charge in [-0.3, -0.25) is 4.57 Å². The molecule has 0 heterocycles. The van der Waals surface area contributed by atoms with Crippen LogP contribution >= 0.6 is 7.37 Å². The molecule has 0 aliphatic carbocycles. The summed E-state index contributed by atoms with van der Waals surface area (Å²) in [6, 6.07) is 0. The number of hydrogen-bond acceptors (Lipinski definition) is 3. The zero-order chi connectivity index (χ0) is 9.83. The Balaban J connectivity index is 3.83. The van der Waals surface area contributed by atoms with Gasteiger partial charge in [0.05, 0.1) is 6.23 Å². The van der Waals surface area contributed by atoms with E-state index in [0.717, 1.165) is 0 Å². The quantitative estimate of drug-likeness (QED) is 0.516. The van der Waals surface area contributed by atoms with E-state index in [0.29, 0.717) is 12.8 Å². The maximum Gasteiger partial charge on any atom is 0.212 e. The van der Waals surface area contributed by atoms with Gasteiger partial charge in [-0.05, 0) is 20.0 Å². The topological polar surface area (TPSA) is 35.5 Å². The average molecular weight is 210 g/mol. The molecule has 74 valence electrons. The highest BCUT2D eigenvalue weighted by atomic mass is 31.2. The van der Waals surface area contributed by atoms with Crippen LogP contribution in [0.2, 0.25) is 13.1 Å². The molecule has 0 spiro atoms. The molecule has 0 rings (SSSR count). The summed E-state index contributed by atoms with van der Waals surface area (Å²) in [6.07, 6.45) is 0.519. The fourth-order valence-corrected chi connectivity index (χ4v) is 4.10. The first-order valence-corrected chi connectivity index (χ1v) is 9.74. The third-order valence-electron chi connectivity index (χ3n) is 1.26. The van der Waals surface area contributed by atoms with E-state index >= 15 is 0 Å². The molecule has 3 nitrogen and oxygen atoms in total. The predicted octanol–water partition coefficient (Wildman–Crippen LogP) is 2.32. The summed E-state index contributed by atoms with van der Waals surface area (Å²) in [5, 5.41) is 0. The molecule has 0 aromatic carbocycles. The van der Waals surface area contributed by atoms with Crippen molar-refractivity contribution in [3.05, 3.63) is 0 Å². The smallest absolute Gasteiger partial charge is 0.212 e. The zero-order valence-electron chi connectivity index (χ0n) is 8.59. The van der Waals surface area contributed by atoms with Crippen molar-refractivity contribution in [2.45, 2.75) is 20.0 Å². The second-order valence-electron chi connectivity index (χ2n) is 3.72. The summed E-state index contributed by atoms with van der Waals surface area (Å²) in [4.78, 5) is 0. The Kier molecular flexibility index (Phi) is 4.70. The van der Waals surface area contributed by atoms with Crippen LogP contribution in [0, 0.1) is 0 Å². The van der Waals surface area contributed by atoms with Crippen LogP contribution in [0.15, 0.2) is 0 Å². The molecule has 0 fully saturated rings. The normalized spacial score (nSPS) is 13.4. The van der Waals surface area contributed by atoms with Gasteiger partial charge in [-0.15, -0.1) is 0 Å². The fourth-order valence-electron chi connectivity index (χ4n) is 0.743. The lowest BCUT2D eigenvalue weighted by atomic mass is 10.9. The lowest BCUT2D eigenvalue weighted by Crippen LogP contribution is -2.36. The Morgan fingerprint density at radius 1 is 1.33 bits per heavy atom. The lowest BCUT2D eigenvalue weighted by Gasteiger charge is -2.22. The van der Waals surface area contributed by atoms with Crippen molar-refractivity contribution in [1.29, 1.82) is 0 Å². The molecule has 5 heteroatoms. The van der Waals surface area contributed by atoms with Gasteiger partial charge in [-0.2, -0.15) is 0 Å². The van der Waals surface area contributed by atoms with Gasteiger partial charge in [-0.1, -0.05) is 0 Å². The lowest BCUT2D eigenvalue weighted by molar-refractivity contribution is 0.286. The van der Waals surface area contributed by atoms with E-state index in [1.54, 1.807) is 13.3 Å². The molecule has 0 saturated carbocycles. The number of hydrogen-bond donors (Lipinski definition) is 0. The van der Waals surface area contributed by atoms with E-state index in [1.165, 1.54) is 0 Å². The van der Waals surface area contributed by atoms with Crippen LogP contribution in [-0.4, -0.2) is 34.5 Å². The molecular weight excluding hydrogens is 191 g/mol. The Bertz CT molecular complexity index is 175. The van der Waals surface area contributed by atoms with Crippen molar-refractivity contribution in [1.82, 2.24) is 0 Å². The highest BCUT2D eigenvalue weighted by Gasteiger charge is 2.24. The molecule has 0 saturated heterocycles. The monoisotopic (exact) mass is 210 g/mol. The minimum absolute atomic E-state index is 0.519. The van der Waals surface area contributed by atoms with Gasteiger partial charge >= 0.3 is 0 Å². The van der Waals surface area contributed by atoms with Gasteiger partial charge in [0.25, 0.3) is 0 Å². The van der Waals surface area contributed by atoms with E-state index in [-0.39, 0.29) is 0 Å². The Hall–Kier alpha value is 0.367. The van der Waals surface area contributed by atoms with E-state index in [1.807, 2.05) is 6.92 Å². The fraction of sp³-hybridized carbons (Fsp3) is 1.00. The molecule has 0 aromatic rings. The van der Waals surface area contributed by atoms with Crippen molar-refractivity contribution in [2.75, 3.05) is 26.2 Å². The first-order valence-electron chi connectivity index (χ1n) is 4.10. The van der Waals surface area contributed by atoms with Crippen molar-refractivity contribution >= 4 is 15.7 Å². The molecule has 0 N–H and O–H groups in total. The Morgan fingerprint density at radius 2 is 1.83 bits per heavy atom. The van der Waals surface area contributed by atoms with Crippen LogP contribution in [0.5, 0.6) is 0 Å². The molecule has 0 aliphatic rings. The van der Waals surface area contributed by atoms with Gasteiger partial charge in [0, 0.05) is 19.9 Å². The highest BCUT2D eigenvalue weighted by molar-refractivity contribution is 7.57. The van der Waals surface area contributed by atoms with Gasteiger partial charge in [0.2, 0.25) is 8.32 Å². The maximum absolute atomic E-state index is 11.2. The molecule has 0 aliphatic heterocycles. The molecule has 0 atom stereocenters. The van der Waals surface area contributed by atoms with Crippen molar-refractivity contribution in [3.8, 4) is 0 Å². The summed E-state index contributed by atoms with van der Waals surface area (Å²) in [6.45, 7) is 10.1. The molecule has 12 heavy (non-hydrogen) atoms. The van der Waals surface area contributed by atoms with Crippen LogP contribution < -0.4 is 0 Å². The third kappa shape index (κ3) is 7.04. The van der Waals surface area contributed by atoms with Crippen molar-refractivity contribution in [2.24, 2.45) is 0 Å². The van der Waals surface area contributed by atoms with E-state index in [2.05, 4.69) is 13.1 Å². The molecule has 0 unspecified atom stereocenters. The summed E-state index contributed by atoms with van der Waals surface area (Å²) < 4.78 is 22.0. The van der Waals surface area contributed by atoms with Gasteiger partial charge in [0.15, 0.2) is 7.37 Å². The molecule has 0 bridgehead atoms. The van der Waals surface area contributed by atoms with Crippen LogP contribution in [0.25, 0.3) is 0 Å². The Morgan fingerprint density at radius 3 is 2.17 bits per heavy atom. The molecule has 0 amide bonds. The molecule has 0 aromatic heterocycles. The minimum atomic E-state index is -2.33. The first kappa shape index (κ1) is 12.4. The number of rotatable bonds is 5. The van der Waals surface area contributed by atoms with Gasteiger partial charge < -0.3 is 8.95 Å². The Labute approximate surface area is 76.0 Å². The maximum atomic E-state index is 11.2. The standard InChI is InChI=1S/C7H19O3PSi/c1-6-10-12(4,5)7-9-11(2,3)8/h6-7H2,1-5H3. The zero-order valence-corrected chi connectivity index (χ0v) is 10.5. The summed E-state index contributed by atoms with van der Waals surface area (Å²) >= 11 is 0. The van der Waals surface area contributed by atoms with Crippen LogP contribution in [0.3, 0.4) is 0 Å². The van der Waals surface area contributed by atoms with Gasteiger partial charge in [0.1, 0.15) is 0 Å². The van der Waals surface area contributed by atoms with Crippen molar-refractivity contribution < 1.29 is 13.5 Å². The van der Waals surface area contributed by atoms with Crippen LogP contribution in [0.1, 0.15) is 6.92 Å². The largest absolute Gasteiger partial charge is 0.415 e. The minimum Gasteiger partial charge on any atom is -0.415 e. The van der Waals surface area contributed by atoms with E-state index < -0.39 is 15.7 Å². The second-order valence-corrected chi connectivity index (χ2v) is 10.6. The summed E-state index contributed by atoms with van der Waals surface area (Å²) in [5.74, 6) is 0. The average Bonchev–Trinajstić information content (AvgIpc) is 1.83. The predicted molar refractivity (Wildman–Crippen MR) is 54.5 cm³/mol. The summed E-state index contributed by atoms with van der Waals surface area (Å²) in [5.41, 5.74) is 0. The second kappa shape index (κ2) is 4.56. The summed E-state index contributed by atoms with van der Waals surface area (Å²) in [7, 11) is -4.04. The SMILES string of the molecule is CCO[Si](C)(C)COP(C)(C)=O. The third-order valence-corrected chi connectivity index (χ3v) is 4.16. The van der Waals surface area contributed by atoms with Gasteiger partial charge in [-0.25, -0.2) is 0 Å². The van der Waals surface area contributed by atoms with Crippen LogP contribution in [-0.2, 0) is 13.5 Å². The van der Waals surface area contributed by atoms with E-state index in [4.69, 9.17) is 8.95 Å². The molecule has 0 radical (unpaired) electrons. The van der Waals surface area contributed by atoms with E-state index in [9.17, 15) is 4.57 Å². The molecular formula is C7H19O3PSi. The first-order chi connectivity index (χ1) is 5.27. The van der Waals surface area contributed by atoms with Crippen molar-refractivity contribution in [3.63, 3.8) is 0 Å². The highest BCUT2D eigenvalue weighted by Crippen LogP contribution is 2.37.